The number of hydrogen-bond acceptors (Lipinski definition) is 6. The number of hydrogen-bond donors (Lipinski definition) is 1. The molecule has 0 unspecified atom stereocenters. The van der Waals surface area contributed by atoms with Crippen molar-refractivity contribution in [2.75, 3.05) is 25.0 Å². The fourth-order valence-corrected chi connectivity index (χ4v) is 3.14. The number of carbonyl (C=O) groups excluding carboxylic acids is 3. The van der Waals surface area contributed by atoms with Crippen molar-refractivity contribution < 1.29 is 24.0 Å². The van der Waals surface area contributed by atoms with Gasteiger partial charge < -0.3 is 15.0 Å². The molecule has 0 aliphatic carbocycles. The molecule has 2 amide bonds. The van der Waals surface area contributed by atoms with Gasteiger partial charge in [-0.15, -0.1) is 0 Å². The number of benzene rings is 2. The molecule has 0 fully saturated rings. The molecular formula is C20H19Cl2N3O6. The van der Waals surface area contributed by atoms with Gasteiger partial charge in [0.2, 0.25) is 5.91 Å². The van der Waals surface area contributed by atoms with Crippen LogP contribution in [-0.4, -0.2) is 47.3 Å². The van der Waals surface area contributed by atoms with Gasteiger partial charge in [-0.3, -0.25) is 19.7 Å². The van der Waals surface area contributed by atoms with Crippen LogP contribution >= 0.6 is 23.2 Å². The number of ether oxygens (including phenoxy) is 1. The Hall–Kier alpha value is -3.17. The standard InChI is InChI=1S/C20H19Cl2N3O6/c1-3-24(11-17(26)23-18-15(21)6-5-7-16(18)22)19(27)12-8-13(20(28)31-4-2)10-14(9-12)25(29)30/h5-10H,3-4,11H2,1-2H3,(H,23,26). The lowest BCUT2D eigenvalue weighted by Crippen LogP contribution is -2.38. The summed E-state index contributed by atoms with van der Waals surface area (Å²) in [5.74, 6) is -2.03. The largest absolute Gasteiger partial charge is 0.462 e. The van der Waals surface area contributed by atoms with Crippen LogP contribution in [0.15, 0.2) is 36.4 Å². The summed E-state index contributed by atoms with van der Waals surface area (Å²) in [6.45, 7) is 3.05. The van der Waals surface area contributed by atoms with Gasteiger partial charge in [-0.05, 0) is 32.0 Å². The van der Waals surface area contributed by atoms with E-state index in [1.54, 1.807) is 32.0 Å². The van der Waals surface area contributed by atoms with Crippen molar-refractivity contribution in [2.45, 2.75) is 13.8 Å². The first-order valence-electron chi connectivity index (χ1n) is 9.17. The number of amides is 2. The third-order valence-corrected chi connectivity index (χ3v) is 4.75. The van der Waals surface area contributed by atoms with E-state index in [1.807, 2.05) is 0 Å². The van der Waals surface area contributed by atoms with E-state index in [1.165, 1.54) is 6.07 Å². The number of non-ortho nitro benzene ring substituents is 1. The van der Waals surface area contributed by atoms with Gasteiger partial charge in [0.05, 0.1) is 32.8 Å². The summed E-state index contributed by atoms with van der Waals surface area (Å²) in [7, 11) is 0. The molecule has 11 heteroatoms. The molecular weight excluding hydrogens is 449 g/mol. The van der Waals surface area contributed by atoms with Crippen LogP contribution in [0.25, 0.3) is 0 Å². The molecule has 9 nitrogen and oxygen atoms in total. The highest BCUT2D eigenvalue weighted by atomic mass is 35.5. The van der Waals surface area contributed by atoms with Crippen molar-refractivity contribution in [1.29, 1.82) is 0 Å². The number of para-hydroxylation sites is 1. The smallest absolute Gasteiger partial charge is 0.338 e. The number of carbonyl (C=O) groups is 3. The number of anilines is 1. The van der Waals surface area contributed by atoms with E-state index in [0.29, 0.717) is 0 Å². The topological polar surface area (TPSA) is 119 Å². The van der Waals surface area contributed by atoms with Crippen molar-refractivity contribution in [3.63, 3.8) is 0 Å². The van der Waals surface area contributed by atoms with Crippen molar-refractivity contribution in [1.82, 2.24) is 4.90 Å². The lowest BCUT2D eigenvalue weighted by molar-refractivity contribution is -0.384. The van der Waals surface area contributed by atoms with Gasteiger partial charge in [-0.1, -0.05) is 29.3 Å². The van der Waals surface area contributed by atoms with Crippen molar-refractivity contribution in [3.8, 4) is 0 Å². The zero-order valence-electron chi connectivity index (χ0n) is 16.7. The molecule has 0 aliphatic rings. The molecule has 1 N–H and O–H groups in total. The minimum atomic E-state index is -0.797. The van der Waals surface area contributed by atoms with Crippen LogP contribution in [0.2, 0.25) is 10.0 Å². The van der Waals surface area contributed by atoms with Crippen molar-refractivity contribution in [3.05, 3.63) is 67.7 Å². The number of likely N-dealkylation sites (N-methyl/N-ethyl adjacent to an activating group) is 1. The molecule has 2 rings (SSSR count). The zero-order valence-corrected chi connectivity index (χ0v) is 18.2. The van der Waals surface area contributed by atoms with Gasteiger partial charge >= 0.3 is 5.97 Å². The van der Waals surface area contributed by atoms with Gasteiger partial charge in [-0.25, -0.2) is 4.79 Å². The second-order valence-electron chi connectivity index (χ2n) is 6.21. The maximum atomic E-state index is 12.9. The Kier molecular flexibility index (Phi) is 8.35. The average molecular weight is 468 g/mol. The highest BCUT2D eigenvalue weighted by Gasteiger charge is 2.23. The molecule has 0 heterocycles. The number of esters is 1. The molecule has 0 atom stereocenters. The van der Waals surface area contributed by atoms with Gasteiger partial charge in [-0.2, -0.15) is 0 Å². The fourth-order valence-electron chi connectivity index (χ4n) is 2.65. The number of nitrogens with one attached hydrogen (secondary N) is 1. The normalized spacial score (nSPS) is 10.3. The summed E-state index contributed by atoms with van der Waals surface area (Å²) in [6, 6.07) is 7.97. The summed E-state index contributed by atoms with van der Waals surface area (Å²) in [5, 5.41) is 14.2. The monoisotopic (exact) mass is 467 g/mol. The van der Waals surface area contributed by atoms with E-state index in [-0.39, 0.29) is 46.6 Å². The van der Waals surface area contributed by atoms with E-state index in [4.69, 9.17) is 27.9 Å². The highest BCUT2D eigenvalue weighted by molar-refractivity contribution is 6.39. The summed E-state index contributed by atoms with van der Waals surface area (Å²) >= 11 is 12.1. The summed E-state index contributed by atoms with van der Waals surface area (Å²) in [5.41, 5.74) is -0.498. The third-order valence-electron chi connectivity index (χ3n) is 4.12. The fraction of sp³-hybridized carbons (Fsp3) is 0.250. The van der Waals surface area contributed by atoms with Crippen LogP contribution in [0.3, 0.4) is 0 Å². The predicted molar refractivity (Wildman–Crippen MR) is 116 cm³/mol. The molecule has 0 bridgehead atoms. The van der Waals surface area contributed by atoms with E-state index in [2.05, 4.69) is 5.32 Å². The summed E-state index contributed by atoms with van der Waals surface area (Å²) in [6.07, 6.45) is 0. The quantitative estimate of drug-likeness (QED) is 0.353. The van der Waals surface area contributed by atoms with E-state index in [9.17, 15) is 24.5 Å². The number of nitrogens with zero attached hydrogens (tertiary/aromatic N) is 2. The molecule has 0 aromatic heterocycles. The molecule has 0 saturated heterocycles. The lowest BCUT2D eigenvalue weighted by Gasteiger charge is -2.21. The first-order valence-corrected chi connectivity index (χ1v) is 9.93. The zero-order chi connectivity index (χ0) is 23.1. The van der Waals surface area contributed by atoms with Gasteiger partial charge in [0.1, 0.15) is 6.54 Å². The van der Waals surface area contributed by atoms with Gasteiger partial charge in [0.25, 0.3) is 11.6 Å². The third kappa shape index (κ3) is 6.16. The molecule has 2 aromatic carbocycles. The summed E-state index contributed by atoms with van der Waals surface area (Å²) < 4.78 is 4.86. The summed E-state index contributed by atoms with van der Waals surface area (Å²) in [4.78, 5) is 49.1. The van der Waals surface area contributed by atoms with Crippen LogP contribution in [0.5, 0.6) is 0 Å². The molecule has 0 aliphatic heterocycles. The van der Waals surface area contributed by atoms with E-state index >= 15 is 0 Å². The van der Waals surface area contributed by atoms with Crippen LogP contribution in [-0.2, 0) is 9.53 Å². The Balaban J connectivity index is 2.27. The maximum Gasteiger partial charge on any atom is 0.338 e. The first-order chi connectivity index (χ1) is 14.7. The Labute approximate surface area is 188 Å². The first kappa shape index (κ1) is 24.1. The molecule has 164 valence electrons. The molecule has 0 saturated carbocycles. The lowest BCUT2D eigenvalue weighted by atomic mass is 10.1. The molecule has 31 heavy (non-hydrogen) atoms. The minimum absolute atomic E-state index is 0.0661. The second-order valence-corrected chi connectivity index (χ2v) is 7.02. The van der Waals surface area contributed by atoms with Crippen LogP contribution in [0.1, 0.15) is 34.6 Å². The maximum absolute atomic E-state index is 12.9. The van der Waals surface area contributed by atoms with Crippen molar-refractivity contribution >= 4 is 52.4 Å². The predicted octanol–water partition coefficient (Wildman–Crippen LogP) is 4.18. The molecule has 0 radical (unpaired) electrons. The highest BCUT2D eigenvalue weighted by Crippen LogP contribution is 2.29. The Morgan fingerprint density at radius 3 is 2.26 bits per heavy atom. The Morgan fingerprint density at radius 2 is 1.71 bits per heavy atom. The van der Waals surface area contributed by atoms with Crippen LogP contribution in [0.4, 0.5) is 11.4 Å². The SMILES string of the molecule is CCOC(=O)c1cc(C(=O)N(CC)CC(=O)Nc2c(Cl)cccc2Cl)cc([N+](=O)[O-])c1. The van der Waals surface area contributed by atoms with Crippen LogP contribution < -0.4 is 5.32 Å². The number of halogens is 2. The van der Waals surface area contributed by atoms with Crippen molar-refractivity contribution in [2.24, 2.45) is 0 Å². The average Bonchev–Trinajstić information content (AvgIpc) is 2.74. The molecule has 2 aromatic rings. The Morgan fingerprint density at radius 1 is 1.10 bits per heavy atom. The Bertz CT molecular complexity index is 1010. The minimum Gasteiger partial charge on any atom is -0.462 e. The number of rotatable bonds is 8. The van der Waals surface area contributed by atoms with E-state index in [0.717, 1.165) is 17.0 Å². The molecule has 0 spiro atoms. The van der Waals surface area contributed by atoms with E-state index < -0.39 is 28.4 Å². The second kappa shape index (κ2) is 10.7. The van der Waals surface area contributed by atoms with Gasteiger partial charge in [0, 0.05) is 24.2 Å². The number of nitro groups is 1. The van der Waals surface area contributed by atoms with Crippen LogP contribution in [0, 0.1) is 10.1 Å². The number of nitro benzene ring substituents is 1. The van der Waals surface area contributed by atoms with Gasteiger partial charge in [0.15, 0.2) is 0 Å².